The van der Waals surface area contributed by atoms with Gasteiger partial charge in [-0.25, -0.2) is 9.88 Å². The number of amides is 2. The van der Waals surface area contributed by atoms with E-state index in [2.05, 4.69) is 15.2 Å². The van der Waals surface area contributed by atoms with Gasteiger partial charge >= 0.3 is 0 Å². The summed E-state index contributed by atoms with van der Waals surface area (Å²) in [5.74, 6) is -0.494. The number of fused-ring (bicyclic) bond motifs is 2. The number of nitrogens with zero attached hydrogens (tertiary/aromatic N) is 3. The van der Waals surface area contributed by atoms with Gasteiger partial charge in [-0.2, -0.15) is 5.10 Å². The van der Waals surface area contributed by atoms with Crippen LogP contribution in [0.4, 0.5) is 5.82 Å². The van der Waals surface area contributed by atoms with Crippen LogP contribution in [-0.4, -0.2) is 27.0 Å². The molecule has 1 N–H and O–H groups in total. The number of para-hydroxylation sites is 1. The average Bonchev–Trinajstić information content (AvgIpc) is 3.00. The van der Waals surface area contributed by atoms with Gasteiger partial charge in [-0.15, -0.1) is 0 Å². The molecule has 2 amide bonds. The van der Waals surface area contributed by atoms with Crippen LogP contribution in [0.1, 0.15) is 0 Å². The summed E-state index contributed by atoms with van der Waals surface area (Å²) in [4.78, 5) is 28.9. The molecule has 0 unspecified atom stereocenters. The third-order valence-corrected chi connectivity index (χ3v) is 3.25. The number of nitrogens with one attached hydrogen (secondary N) is 1. The Labute approximate surface area is 112 Å². The Bertz CT molecular complexity index is 892. The van der Waals surface area contributed by atoms with Crippen LogP contribution in [0.25, 0.3) is 21.9 Å². The molecule has 1 aliphatic rings. The molecule has 3 aromatic rings. The number of pyridine rings is 1. The van der Waals surface area contributed by atoms with E-state index in [1.165, 1.54) is 12.2 Å². The largest absolute Gasteiger partial charge is 0.269 e. The highest BCUT2D eigenvalue weighted by Crippen LogP contribution is 2.28. The van der Waals surface area contributed by atoms with Gasteiger partial charge in [0, 0.05) is 17.5 Å². The number of carbonyl (C=O) groups excluding carboxylic acids is 2. The molecule has 20 heavy (non-hydrogen) atoms. The molecule has 0 saturated heterocycles. The molecule has 1 aliphatic heterocycles. The van der Waals surface area contributed by atoms with Crippen LogP contribution in [-0.2, 0) is 9.59 Å². The third kappa shape index (κ3) is 1.38. The van der Waals surface area contributed by atoms with Crippen molar-refractivity contribution in [2.75, 3.05) is 4.90 Å². The smallest absolute Gasteiger partial charge is 0.259 e. The normalized spacial score (nSPS) is 14.9. The van der Waals surface area contributed by atoms with E-state index >= 15 is 0 Å². The molecule has 0 radical (unpaired) electrons. The van der Waals surface area contributed by atoms with Crippen molar-refractivity contribution in [3.05, 3.63) is 42.5 Å². The van der Waals surface area contributed by atoms with E-state index in [9.17, 15) is 9.59 Å². The molecule has 0 saturated carbocycles. The predicted octanol–water partition coefficient (Wildman–Crippen LogP) is 1.54. The predicted molar refractivity (Wildman–Crippen MR) is 73.0 cm³/mol. The van der Waals surface area contributed by atoms with E-state index in [1.807, 2.05) is 30.3 Å². The standard InChI is InChI=1S/C14H8N4O2/c19-11-5-6-12(20)18(11)14-9-7-8-3-1-2-4-10(8)15-13(9)16-17-14/h1-7H,(H,15,16,17). The molecule has 6 nitrogen and oxygen atoms in total. The minimum absolute atomic E-state index is 0.290. The zero-order valence-corrected chi connectivity index (χ0v) is 10.2. The number of H-pyrrole nitrogens is 1. The van der Waals surface area contributed by atoms with Crippen molar-refractivity contribution >= 4 is 39.6 Å². The van der Waals surface area contributed by atoms with Gasteiger partial charge in [0.2, 0.25) is 0 Å². The quantitative estimate of drug-likeness (QED) is 0.676. The highest BCUT2D eigenvalue weighted by molar-refractivity contribution is 6.29. The molecule has 0 aliphatic carbocycles. The van der Waals surface area contributed by atoms with Gasteiger partial charge in [0.15, 0.2) is 11.5 Å². The van der Waals surface area contributed by atoms with E-state index in [0.29, 0.717) is 16.9 Å². The van der Waals surface area contributed by atoms with E-state index in [0.717, 1.165) is 15.8 Å². The van der Waals surface area contributed by atoms with Crippen LogP contribution in [0.5, 0.6) is 0 Å². The van der Waals surface area contributed by atoms with Crippen LogP contribution in [0.15, 0.2) is 42.5 Å². The van der Waals surface area contributed by atoms with Crippen LogP contribution in [0.3, 0.4) is 0 Å². The van der Waals surface area contributed by atoms with Crippen LogP contribution >= 0.6 is 0 Å². The number of carbonyl (C=O) groups is 2. The summed E-state index contributed by atoms with van der Waals surface area (Å²) in [5.41, 5.74) is 1.37. The summed E-state index contributed by atoms with van der Waals surface area (Å²) in [6, 6.07) is 9.49. The number of aromatic amines is 1. The van der Waals surface area contributed by atoms with Gasteiger partial charge in [0.25, 0.3) is 11.8 Å². The molecule has 0 spiro atoms. The molecule has 0 atom stereocenters. The summed E-state index contributed by atoms with van der Waals surface area (Å²) in [5, 5.41) is 8.39. The Kier molecular flexibility index (Phi) is 2.03. The van der Waals surface area contributed by atoms with Crippen molar-refractivity contribution in [1.82, 2.24) is 15.2 Å². The van der Waals surface area contributed by atoms with Crippen molar-refractivity contribution in [3.63, 3.8) is 0 Å². The van der Waals surface area contributed by atoms with Gasteiger partial charge in [0.1, 0.15) is 0 Å². The highest BCUT2D eigenvalue weighted by Gasteiger charge is 2.29. The molecule has 6 heteroatoms. The Morgan fingerprint density at radius 2 is 1.80 bits per heavy atom. The molecule has 2 aromatic heterocycles. The minimum Gasteiger partial charge on any atom is -0.269 e. The van der Waals surface area contributed by atoms with Crippen LogP contribution < -0.4 is 4.90 Å². The Morgan fingerprint density at radius 3 is 2.60 bits per heavy atom. The molecule has 0 fully saturated rings. The Hall–Kier alpha value is -3.02. The van der Waals surface area contributed by atoms with Gasteiger partial charge in [-0.05, 0) is 12.1 Å². The second-order valence-electron chi connectivity index (χ2n) is 4.47. The van der Waals surface area contributed by atoms with Crippen molar-refractivity contribution in [2.45, 2.75) is 0 Å². The summed E-state index contributed by atoms with van der Waals surface area (Å²) in [7, 11) is 0. The number of hydrogen-bond donors (Lipinski definition) is 1. The van der Waals surface area contributed by atoms with Crippen molar-refractivity contribution in [1.29, 1.82) is 0 Å². The zero-order valence-electron chi connectivity index (χ0n) is 10.2. The second-order valence-corrected chi connectivity index (χ2v) is 4.47. The lowest BCUT2D eigenvalue weighted by molar-refractivity contribution is -0.120. The van der Waals surface area contributed by atoms with Crippen molar-refractivity contribution in [2.24, 2.45) is 0 Å². The summed E-state index contributed by atoms with van der Waals surface area (Å²) < 4.78 is 0. The van der Waals surface area contributed by atoms with Gasteiger partial charge in [-0.1, -0.05) is 18.2 Å². The minimum atomic E-state index is -0.392. The van der Waals surface area contributed by atoms with E-state index < -0.39 is 11.8 Å². The van der Waals surface area contributed by atoms with Gasteiger partial charge in [0.05, 0.1) is 10.9 Å². The molecule has 3 heterocycles. The van der Waals surface area contributed by atoms with E-state index in [-0.39, 0.29) is 0 Å². The fraction of sp³-hybridized carbons (Fsp3) is 0. The van der Waals surface area contributed by atoms with Gasteiger partial charge in [-0.3, -0.25) is 14.7 Å². The number of anilines is 1. The Balaban J connectivity index is 1.99. The molecular formula is C14H8N4O2. The van der Waals surface area contributed by atoms with E-state index in [4.69, 9.17) is 0 Å². The topological polar surface area (TPSA) is 79.0 Å². The first-order valence-electron chi connectivity index (χ1n) is 6.04. The summed E-state index contributed by atoms with van der Waals surface area (Å²) in [6.07, 6.45) is 2.47. The zero-order chi connectivity index (χ0) is 13.7. The second kappa shape index (κ2) is 3.74. The number of aromatic nitrogens is 3. The Morgan fingerprint density at radius 1 is 1.05 bits per heavy atom. The third-order valence-electron chi connectivity index (χ3n) is 3.25. The molecule has 4 rings (SSSR count). The number of rotatable bonds is 1. The van der Waals surface area contributed by atoms with E-state index in [1.54, 1.807) is 0 Å². The molecular weight excluding hydrogens is 256 g/mol. The van der Waals surface area contributed by atoms with Crippen LogP contribution in [0.2, 0.25) is 0 Å². The first-order chi connectivity index (χ1) is 9.74. The van der Waals surface area contributed by atoms with Crippen LogP contribution in [0, 0.1) is 0 Å². The maximum absolute atomic E-state index is 11.7. The van der Waals surface area contributed by atoms with Crippen molar-refractivity contribution in [3.8, 4) is 0 Å². The number of hydrogen-bond acceptors (Lipinski definition) is 4. The first kappa shape index (κ1) is 10.9. The highest BCUT2D eigenvalue weighted by atomic mass is 16.2. The fourth-order valence-corrected chi connectivity index (χ4v) is 2.32. The van der Waals surface area contributed by atoms with Gasteiger partial charge < -0.3 is 0 Å². The fourth-order valence-electron chi connectivity index (χ4n) is 2.32. The summed E-state index contributed by atoms with van der Waals surface area (Å²) in [6.45, 7) is 0. The molecule has 0 bridgehead atoms. The van der Waals surface area contributed by atoms with Crippen molar-refractivity contribution < 1.29 is 9.59 Å². The lowest BCUT2D eigenvalue weighted by Crippen LogP contribution is -2.30. The maximum atomic E-state index is 11.7. The SMILES string of the molecule is O=C1C=CC(=O)N1c1n[nH]c2nc3ccccc3cc12. The summed E-state index contributed by atoms with van der Waals surface area (Å²) >= 11 is 0. The lowest BCUT2D eigenvalue weighted by Gasteiger charge is -2.10. The lowest BCUT2D eigenvalue weighted by atomic mass is 10.2. The number of imide groups is 1. The average molecular weight is 264 g/mol. The number of benzene rings is 1. The maximum Gasteiger partial charge on any atom is 0.259 e. The molecule has 1 aromatic carbocycles. The molecule has 96 valence electrons. The monoisotopic (exact) mass is 264 g/mol. The first-order valence-corrected chi connectivity index (χ1v) is 6.04.